The van der Waals surface area contributed by atoms with Crippen LogP contribution < -0.4 is 5.32 Å². The minimum absolute atomic E-state index is 0.0721. The first-order valence-electron chi connectivity index (χ1n) is 8.44. The Morgan fingerprint density at radius 2 is 1.92 bits per heavy atom. The van der Waals surface area contributed by atoms with Crippen LogP contribution in [0.3, 0.4) is 0 Å². The van der Waals surface area contributed by atoms with Crippen LogP contribution in [-0.4, -0.2) is 30.6 Å². The summed E-state index contributed by atoms with van der Waals surface area (Å²) in [5.41, 5.74) is 1.97. The van der Waals surface area contributed by atoms with E-state index in [1.807, 2.05) is 30.3 Å². The van der Waals surface area contributed by atoms with Gasteiger partial charge in [0.15, 0.2) is 18.2 Å². The van der Waals surface area contributed by atoms with Crippen LogP contribution in [0.2, 0.25) is 0 Å². The normalized spacial score (nSPS) is 29.2. The molecule has 3 atom stereocenters. The SMILES string of the molecule is O=C1C=C(NC2=C[C@@H]3O[C@@H](c4ccccc4)OC[C@@H]3OC2=O)CCC1. The summed E-state index contributed by atoms with van der Waals surface area (Å²) in [6.07, 6.45) is 4.02. The summed E-state index contributed by atoms with van der Waals surface area (Å²) in [7, 11) is 0. The van der Waals surface area contributed by atoms with Crippen LogP contribution in [0.4, 0.5) is 0 Å². The molecule has 6 nitrogen and oxygen atoms in total. The van der Waals surface area contributed by atoms with E-state index >= 15 is 0 Å². The van der Waals surface area contributed by atoms with Gasteiger partial charge >= 0.3 is 5.97 Å². The largest absolute Gasteiger partial charge is 0.452 e. The minimum Gasteiger partial charge on any atom is -0.452 e. The van der Waals surface area contributed by atoms with Crippen molar-refractivity contribution in [2.24, 2.45) is 0 Å². The zero-order valence-electron chi connectivity index (χ0n) is 13.6. The Hall–Kier alpha value is -2.44. The number of esters is 1. The number of benzene rings is 1. The highest BCUT2D eigenvalue weighted by molar-refractivity contribution is 5.92. The highest BCUT2D eigenvalue weighted by atomic mass is 16.7. The molecule has 2 aliphatic heterocycles. The van der Waals surface area contributed by atoms with Gasteiger partial charge in [0, 0.05) is 23.8 Å². The fourth-order valence-electron chi connectivity index (χ4n) is 3.17. The molecule has 0 spiro atoms. The summed E-state index contributed by atoms with van der Waals surface area (Å²) < 4.78 is 17.1. The molecule has 1 aliphatic carbocycles. The number of allylic oxidation sites excluding steroid dienone is 2. The van der Waals surface area contributed by atoms with Crippen LogP contribution in [0, 0.1) is 0 Å². The Morgan fingerprint density at radius 3 is 2.72 bits per heavy atom. The number of ether oxygens (including phenoxy) is 3. The zero-order chi connectivity index (χ0) is 17.2. The number of hydrogen-bond donors (Lipinski definition) is 1. The maximum atomic E-state index is 12.2. The van der Waals surface area contributed by atoms with Crippen molar-refractivity contribution in [3.05, 3.63) is 59.4 Å². The van der Waals surface area contributed by atoms with Crippen molar-refractivity contribution in [2.45, 2.75) is 37.8 Å². The van der Waals surface area contributed by atoms with E-state index in [-0.39, 0.29) is 18.5 Å². The molecule has 1 aromatic rings. The van der Waals surface area contributed by atoms with Crippen molar-refractivity contribution in [1.29, 1.82) is 0 Å². The molecule has 4 rings (SSSR count). The van der Waals surface area contributed by atoms with Crippen molar-refractivity contribution in [2.75, 3.05) is 6.61 Å². The minimum atomic E-state index is -0.493. The molecule has 130 valence electrons. The Balaban J connectivity index is 1.51. The van der Waals surface area contributed by atoms with Gasteiger partial charge in [-0.1, -0.05) is 30.3 Å². The molecule has 6 heteroatoms. The van der Waals surface area contributed by atoms with Crippen molar-refractivity contribution >= 4 is 11.8 Å². The van der Waals surface area contributed by atoms with E-state index in [0.29, 0.717) is 12.1 Å². The van der Waals surface area contributed by atoms with E-state index in [1.54, 1.807) is 12.2 Å². The van der Waals surface area contributed by atoms with Crippen LogP contribution in [0.5, 0.6) is 0 Å². The van der Waals surface area contributed by atoms with Crippen LogP contribution in [-0.2, 0) is 23.8 Å². The Morgan fingerprint density at radius 1 is 1.08 bits per heavy atom. The average Bonchev–Trinajstić information content (AvgIpc) is 2.63. The molecule has 1 saturated heterocycles. The molecule has 0 radical (unpaired) electrons. The number of ketones is 1. The lowest BCUT2D eigenvalue weighted by Gasteiger charge is -2.37. The summed E-state index contributed by atoms with van der Waals surface area (Å²) >= 11 is 0. The molecular weight excluding hydrogens is 322 g/mol. The molecule has 1 fully saturated rings. The van der Waals surface area contributed by atoms with Gasteiger partial charge in [0.05, 0.1) is 6.61 Å². The van der Waals surface area contributed by atoms with Crippen LogP contribution in [0.15, 0.2) is 53.9 Å². The van der Waals surface area contributed by atoms with E-state index in [2.05, 4.69) is 5.32 Å². The van der Waals surface area contributed by atoms with Crippen LogP contribution >= 0.6 is 0 Å². The summed E-state index contributed by atoms with van der Waals surface area (Å²) in [4.78, 5) is 23.7. The van der Waals surface area contributed by atoms with E-state index in [0.717, 1.165) is 24.1 Å². The molecule has 1 aromatic carbocycles. The van der Waals surface area contributed by atoms with Crippen LogP contribution in [0.1, 0.15) is 31.1 Å². The molecule has 0 aromatic heterocycles. The van der Waals surface area contributed by atoms with Crippen molar-refractivity contribution in [3.8, 4) is 0 Å². The number of carbonyl (C=O) groups excluding carboxylic acids is 2. The number of rotatable bonds is 3. The molecular formula is C19H19NO5. The molecule has 0 saturated carbocycles. The highest BCUT2D eigenvalue weighted by Gasteiger charge is 2.38. The fraction of sp³-hybridized carbons (Fsp3) is 0.368. The third-order valence-electron chi connectivity index (χ3n) is 4.44. The Labute approximate surface area is 145 Å². The van der Waals surface area contributed by atoms with E-state index < -0.39 is 18.4 Å². The molecule has 2 heterocycles. The van der Waals surface area contributed by atoms with Crippen molar-refractivity contribution < 1.29 is 23.8 Å². The van der Waals surface area contributed by atoms with Gasteiger partial charge < -0.3 is 19.5 Å². The van der Waals surface area contributed by atoms with Gasteiger partial charge in [-0.2, -0.15) is 0 Å². The molecule has 3 aliphatic rings. The maximum Gasteiger partial charge on any atom is 0.354 e. The van der Waals surface area contributed by atoms with E-state index in [4.69, 9.17) is 14.2 Å². The smallest absolute Gasteiger partial charge is 0.354 e. The number of hydrogen-bond acceptors (Lipinski definition) is 6. The summed E-state index contributed by atoms with van der Waals surface area (Å²) in [6, 6.07) is 9.63. The second-order valence-electron chi connectivity index (χ2n) is 6.32. The van der Waals surface area contributed by atoms with Crippen LogP contribution in [0.25, 0.3) is 0 Å². The average molecular weight is 341 g/mol. The molecule has 0 bridgehead atoms. The molecule has 25 heavy (non-hydrogen) atoms. The van der Waals surface area contributed by atoms with E-state index in [1.165, 1.54) is 0 Å². The topological polar surface area (TPSA) is 73.9 Å². The van der Waals surface area contributed by atoms with Gasteiger partial charge in [0.1, 0.15) is 11.8 Å². The fourth-order valence-corrected chi connectivity index (χ4v) is 3.17. The molecule has 1 N–H and O–H groups in total. The Kier molecular flexibility index (Phi) is 4.38. The van der Waals surface area contributed by atoms with Crippen molar-refractivity contribution in [1.82, 2.24) is 5.32 Å². The third-order valence-corrected chi connectivity index (χ3v) is 4.44. The standard InChI is InChI=1S/C19H19NO5/c21-14-8-4-7-13(9-14)20-15-10-16-17(24-18(15)22)11-23-19(25-16)12-5-2-1-3-6-12/h1-3,5-6,9-10,16-17,19-20H,4,7-8,11H2/t16-,17-,19-/m0/s1. The lowest BCUT2D eigenvalue weighted by atomic mass is 10.0. The second-order valence-corrected chi connectivity index (χ2v) is 6.32. The summed E-state index contributed by atoms with van der Waals surface area (Å²) in [6.45, 7) is 0.279. The van der Waals surface area contributed by atoms with Crippen molar-refractivity contribution in [3.63, 3.8) is 0 Å². The predicted octanol–water partition coefficient (Wildman–Crippen LogP) is 2.14. The second kappa shape index (κ2) is 6.82. The van der Waals surface area contributed by atoms with Gasteiger partial charge in [-0.3, -0.25) is 4.79 Å². The maximum absolute atomic E-state index is 12.2. The van der Waals surface area contributed by atoms with Gasteiger partial charge in [-0.15, -0.1) is 0 Å². The molecule has 0 amide bonds. The van der Waals surface area contributed by atoms with Gasteiger partial charge in [-0.25, -0.2) is 4.79 Å². The highest BCUT2D eigenvalue weighted by Crippen LogP contribution is 2.31. The first kappa shape index (κ1) is 16.1. The zero-order valence-corrected chi connectivity index (χ0v) is 13.6. The summed E-state index contributed by atoms with van der Waals surface area (Å²) in [5.74, 6) is -0.381. The number of fused-ring (bicyclic) bond motifs is 1. The van der Waals surface area contributed by atoms with E-state index in [9.17, 15) is 9.59 Å². The van der Waals surface area contributed by atoms with Gasteiger partial charge in [0.25, 0.3) is 0 Å². The quantitative estimate of drug-likeness (QED) is 0.849. The predicted molar refractivity (Wildman–Crippen MR) is 88.0 cm³/mol. The number of carbonyl (C=O) groups is 2. The first-order chi connectivity index (χ1) is 12.2. The first-order valence-corrected chi connectivity index (χ1v) is 8.44. The monoisotopic (exact) mass is 341 g/mol. The molecule has 0 unspecified atom stereocenters. The Bertz CT molecular complexity index is 739. The lowest BCUT2D eigenvalue weighted by molar-refractivity contribution is -0.252. The third kappa shape index (κ3) is 3.50. The summed E-state index contributed by atoms with van der Waals surface area (Å²) in [5, 5.41) is 3.03. The lowest BCUT2D eigenvalue weighted by Crippen LogP contribution is -2.47. The van der Waals surface area contributed by atoms with Gasteiger partial charge in [-0.05, 0) is 18.9 Å². The van der Waals surface area contributed by atoms with Gasteiger partial charge in [0.2, 0.25) is 0 Å². The number of nitrogens with one attached hydrogen (secondary N) is 1.